The van der Waals surface area contributed by atoms with Gasteiger partial charge in [0.2, 0.25) is 10.9 Å². The Morgan fingerprint density at radius 2 is 1.62 bits per heavy atom. The second kappa shape index (κ2) is 9.39. The number of rotatable bonds is 8. The van der Waals surface area contributed by atoms with Crippen molar-refractivity contribution in [2.45, 2.75) is 11.3 Å². The predicted octanol–water partition coefficient (Wildman–Crippen LogP) is 3.68. The van der Waals surface area contributed by atoms with Crippen LogP contribution in [0.5, 0.6) is 17.2 Å². The molecule has 12 heteroatoms. The molecule has 0 amide bonds. The maximum Gasteiger partial charge on any atom is 0.416 e. The molecular weight excluding hydrogens is 449 g/mol. The summed E-state index contributed by atoms with van der Waals surface area (Å²) >= 11 is 1.01. The van der Waals surface area contributed by atoms with E-state index in [-0.39, 0.29) is 28.1 Å². The summed E-state index contributed by atoms with van der Waals surface area (Å²) in [7, 11) is 4.43. The molecule has 3 rings (SSSR count). The Balaban J connectivity index is 1.78. The number of hydrogen-bond donors (Lipinski definition) is 1. The van der Waals surface area contributed by atoms with E-state index < -0.39 is 11.7 Å². The first-order valence-corrected chi connectivity index (χ1v) is 10.0. The van der Waals surface area contributed by atoms with Crippen LogP contribution in [0.25, 0.3) is 11.4 Å². The molecule has 0 radical (unpaired) electrons. The van der Waals surface area contributed by atoms with Gasteiger partial charge in [0.25, 0.3) is 0 Å². The third kappa shape index (κ3) is 4.74. The number of methoxy groups -OCH3 is 3. The number of halogens is 3. The highest BCUT2D eigenvalue weighted by Gasteiger charge is 2.30. The van der Waals surface area contributed by atoms with Crippen molar-refractivity contribution in [3.63, 3.8) is 0 Å². The third-order valence-electron chi connectivity index (χ3n) is 4.45. The average molecular weight is 468 g/mol. The topological polar surface area (TPSA) is 101 Å². The lowest BCUT2D eigenvalue weighted by molar-refractivity contribution is -0.137. The molecule has 1 aromatic heterocycles. The Hall–Kier alpha value is -3.41. The molecular formula is C20H19F3N4O4S. The van der Waals surface area contributed by atoms with Crippen LogP contribution in [0.4, 0.5) is 13.2 Å². The van der Waals surface area contributed by atoms with Crippen LogP contribution in [0.3, 0.4) is 0 Å². The maximum atomic E-state index is 12.7. The minimum atomic E-state index is -4.46. The Bertz CT molecular complexity index is 1090. The Kier molecular flexibility index (Phi) is 6.82. The summed E-state index contributed by atoms with van der Waals surface area (Å²) < 4.78 is 55.1. The van der Waals surface area contributed by atoms with Gasteiger partial charge in [-0.1, -0.05) is 23.9 Å². The lowest BCUT2D eigenvalue weighted by Gasteiger charge is -2.13. The van der Waals surface area contributed by atoms with E-state index >= 15 is 0 Å². The summed E-state index contributed by atoms with van der Waals surface area (Å²) in [5, 5.41) is 8.30. The predicted molar refractivity (Wildman–Crippen MR) is 112 cm³/mol. The van der Waals surface area contributed by atoms with Crippen LogP contribution in [0.2, 0.25) is 0 Å². The molecule has 1 heterocycles. The van der Waals surface area contributed by atoms with Crippen molar-refractivity contribution in [3.05, 3.63) is 47.5 Å². The van der Waals surface area contributed by atoms with Crippen molar-refractivity contribution < 1.29 is 32.2 Å². The summed E-state index contributed by atoms with van der Waals surface area (Å²) in [4.78, 5) is 12.4. The van der Waals surface area contributed by atoms with Gasteiger partial charge in [-0.2, -0.15) is 13.2 Å². The van der Waals surface area contributed by atoms with Crippen molar-refractivity contribution in [1.82, 2.24) is 14.9 Å². The number of carbonyl (C=O) groups excluding carboxylic acids is 1. The minimum Gasteiger partial charge on any atom is -0.493 e. The zero-order chi connectivity index (χ0) is 23.5. The highest BCUT2D eigenvalue weighted by atomic mass is 32.2. The molecule has 0 aliphatic heterocycles. The van der Waals surface area contributed by atoms with Gasteiger partial charge in [-0.05, 0) is 24.3 Å². The minimum absolute atomic E-state index is 0.0873. The largest absolute Gasteiger partial charge is 0.493 e. The third-order valence-corrected chi connectivity index (χ3v) is 5.40. The number of hydrogen-bond acceptors (Lipinski definition) is 8. The SMILES string of the molecule is COc1cc(-c2nnc(SCC(=O)c3ccc(C(F)(F)F)cc3)n2N)cc(OC)c1OC. The molecule has 0 atom stereocenters. The number of aromatic nitrogens is 3. The van der Waals surface area contributed by atoms with Crippen LogP contribution < -0.4 is 20.1 Å². The van der Waals surface area contributed by atoms with Gasteiger partial charge in [0.1, 0.15) is 0 Å². The monoisotopic (exact) mass is 468 g/mol. The number of ketones is 1. The van der Waals surface area contributed by atoms with Crippen LogP contribution in [0.1, 0.15) is 15.9 Å². The summed E-state index contributed by atoms with van der Waals surface area (Å²) in [6.45, 7) is 0. The zero-order valence-corrected chi connectivity index (χ0v) is 18.1. The van der Waals surface area contributed by atoms with E-state index in [2.05, 4.69) is 10.2 Å². The van der Waals surface area contributed by atoms with Gasteiger partial charge >= 0.3 is 6.18 Å². The second-order valence-electron chi connectivity index (χ2n) is 6.38. The standard InChI is InChI=1S/C20H19F3N4O4S/c1-29-15-8-12(9-16(30-2)17(15)31-3)18-25-26-19(27(18)24)32-10-14(28)11-4-6-13(7-5-11)20(21,22)23/h4-9H,10,24H2,1-3H3. The Morgan fingerprint density at radius 1 is 1.03 bits per heavy atom. The van der Waals surface area contributed by atoms with E-state index in [4.69, 9.17) is 20.1 Å². The van der Waals surface area contributed by atoms with Gasteiger partial charge in [-0.3, -0.25) is 4.79 Å². The van der Waals surface area contributed by atoms with Gasteiger partial charge in [-0.15, -0.1) is 10.2 Å². The van der Waals surface area contributed by atoms with Gasteiger partial charge in [0, 0.05) is 11.1 Å². The van der Waals surface area contributed by atoms with E-state index in [1.54, 1.807) is 12.1 Å². The van der Waals surface area contributed by atoms with Crippen molar-refractivity contribution in [2.24, 2.45) is 0 Å². The first-order valence-electron chi connectivity index (χ1n) is 9.03. The van der Waals surface area contributed by atoms with Gasteiger partial charge in [0.15, 0.2) is 23.1 Å². The average Bonchev–Trinajstić information content (AvgIpc) is 3.16. The number of thioether (sulfide) groups is 1. The van der Waals surface area contributed by atoms with Crippen molar-refractivity contribution in [1.29, 1.82) is 0 Å². The molecule has 0 spiro atoms. The lowest BCUT2D eigenvalue weighted by Crippen LogP contribution is -2.13. The van der Waals surface area contributed by atoms with Crippen molar-refractivity contribution in [3.8, 4) is 28.6 Å². The molecule has 0 aliphatic carbocycles. The van der Waals surface area contributed by atoms with Gasteiger partial charge in [0.05, 0.1) is 32.6 Å². The van der Waals surface area contributed by atoms with E-state index in [0.717, 1.165) is 36.0 Å². The number of ether oxygens (including phenoxy) is 3. The van der Waals surface area contributed by atoms with Gasteiger partial charge in [-0.25, -0.2) is 4.68 Å². The molecule has 32 heavy (non-hydrogen) atoms. The molecule has 0 saturated carbocycles. The van der Waals surface area contributed by atoms with E-state index in [0.29, 0.717) is 22.8 Å². The fraction of sp³-hybridized carbons (Fsp3) is 0.250. The Labute approximate surface area is 185 Å². The quantitative estimate of drug-likeness (QED) is 0.304. The second-order valence-corrected chi connectivity index (χ2v) is 7.32. The summed E-state index contributed by atoms with van der Waals surface area (Å²) in [5.74, 6) is 7.13. The van der Waals surface area contributed by atoms with Crippen LogP contribution >= 0.6 is 11.8 Å². The van der Waals surface area contributed by atoms with Crippen LogP contribution in [-0.2, 0) is 6.18 Å². The number of nitrogens with two attached hydrogens (primary N) is 1. The molecule has 0 aliphatic rings. The van der Waals surface area contributed by atoms with Crippen molar-refractivity contribution in [2.75, 3.05) is 32.9 Å². The van der Waals surface area contributed by atoms with Crippen LogP contribution in [-0.4, -0.2) is 47.7 Å². The molecule has 3 aromatic rings. The molecule has 170 valence electrons. The number of benzene rings is 2. The summed E-state index contributed by atoms with van der Waals surface area (Å²) in [5.41, 5.74) is -0.132. The highest BCUT2D eigenvalue weighted by molar-refractivity contribution is 7.99. The molecule has 0 fully saturated rings. The van der Waals surface area contributed by atoms with Gasteiger partial charge < -0.3 is 20.1 Å². The molecule has 0 unspecified atom stereocenters. The fourth-order valence-corrected chi connectivity index (χ4v) is 3.59. The Morgan fingerprint density at radius 3 is 2.12 bits per heavy atom. The normalized spacial score (nSPS) is 11.3. The molecule has 2 N–H and O–H groups in total. The fourth-order valence-electron chi connectivity index (χ4n) is 2.84. The lowest BCUT2D eigenvalue weighted by atomic mass is 10.1. The number of carbonyl (C=O) groups is 1. The first-order chi connectivity index (χ1) is 15.2. The van der Waals surface area contributed by atoms with Crippen molar-refractivity contribution >= 4 is 17.5 Å². The van der Waals surface area contributed by atoms with Crippen LogP contribution in [0.15, 0.2) is 41.6 Å². The smallest absolute Gasteiger partial charge is 0.416 e. The zero-order valence-electron chi connectivity index (χ0n) is 17.3. The number of Topliss-reactive ketones (excluding diaryl/α,β-unsaturated/α-hetero) is 1. The van der Waals surface area contributed by atoms with E-state index in [1.807, 2.05) is 0 Å². The molecule has 0 bridgehead atoms. The first kappa shape index (κ1) is 23.3. The molecule has 2 aromatic carbocycles. The van der Waals surface area contributed by atoms with Crippen LogP contribution in [0, 0.1) is 0 Å². The molecule has 0 saturated heterocycles. The maximum absolute atomic E-state index is 12.7. The molecule has 8 nitrogen and oxygen atoms in total. The summed E-state index contributed by atoms with van der Waals surface area (Å²) in [6.07, 6.45) is -4.46. The van der Waals surface area contributed by atoms with E-state index in [9.17, 15) is 18.0 Å². The summed E-state index contributed by atoms with van der Waals surface area (Å²) in [6, 6.07) is 7.31. The number of nitrogen functional groups attached to an aromatic ring is 1. The van der Waals surface area contributed by atoms with E-state index in [1.165, 1.54) is 26.0 Å². The highest BCUT2D eigenvalue weighted by Crippen LogP contribution is 2.41. The number of nitrogens with zero attached hydrogens (tertiary/aromatic N) is 3. The number of alkyl halides is 3.